The predicted octanol–water partition coefficient (Wildman–Crippen LogP) is 3.62. The van der Waals surface area contributed by atoms with Crippen LogP contribution in [0.15, 0.2) is 45.2 Å². The van der Waals surface area contributed by atoms with Crippen molar-refractivity contribution >= 4 is 79.2 Å². The van der Waals surface area contributed by atoms with Gasteiger partial charge in [0.15, 0.2) is 24.1 Å². The van der Waals surface area contributed by atoms with E-state index < -0.39 is 0 Å². The van der Waals surface area contributed by atoms with E-state index in [1.54, 1.807) is 0 Å². The minimum atomic E-state index is 0.245. The highest BCUT2D eigenvalue weighted by atomic mass is 16.3. The smallest absolute Gasteiger partial charge is 0.186 e. The molecule has 156 valence electrons. The van der Waals surface area contributed by atoms with Crippen LogP contribution in [0, 0.1) is 0 Å². The molecule has 0 radical (unpaired) electrons. The fraction of sp³-hybridized carbons (Fsp3) is 0.0769. The lowest BCUT2D eigenvalue weighted by Crippen LogP contribution is -2.17. The molecule has 0 aliphatic carbocycles. The van der Waals surface area contributed by atoms with E-state index in [-0.39, 0.29) is 11.5 Å². The molecule has 6 aromatic rings. The molecule has 6 rings (SSSR count). The largest absolute Gasteiger partial charge is 0.453 e. The molecule has 0 spiro atoms. The van der Waals surface area contributed by atoms with Gasteiger partial charge in [0, 0.05) is 69.2 Å². The summed E-state index contributed by atoms with van der Waals surface area (Å²) in [5.74, 6) is 0.489. The number of rotatable bonds is 4. The molecule has 2 heterocycles. The van der Waals surface area contributed by atoms with Crippen molar-refractivity contribution < 1.29 is 18.4 Å². The zero-order valence-electron chi connectivity index (χ0n) is 17.4. The van der Waals surface area contributed by atoms with Crippen LogP contribution in [-0.2, 0) is 0 Å². The van der Waals surface area contributed by atoms with Crippen molar-refractivity contribution in [2.45, 2.75) is 0 Å². The highest BCUT2D eigenvalue weighted by molar-refractivity contribution is 6.37. The van der Waals surface area contributed by atoms with Crippen molar-refractivity contribution in [1.29, 1.82) is 0 Å². The minimum Gasteiger partial charge on any atom is -0.453 e. The number of carbonyl (C=O) groups is 2. The van der Waals surface area contributed by atoms with E-state index in [0.29, 0.717) is 21.9 Å². The monoisotopic (exact) mass is 422 g/mol. The van der Waals surface area contributed by atoms with E-state index in [1.807, 2.05) is 62.9 Å². The summed E-state index contributed by atoms with van der Waals surface area (Å²) in [6.45, 7) is 0. The van der Waals surface area contributed by atoms with Crippen LogP contribution < -0.4 is 21.1 Å². The average molecular weight is 422 g/mol. The summed E-state index contributed by atoms with van der Waals surface area (Å²) in [5, 5.41) is 14.7. The molecular weight excluding hydrogens is 404 g/mol. The Hall–Kier alpha value is -4.32. The van der Waals surface area contributed by atoms with Gasteiger partial charge in [0.2, 0.25) is 0 Å². The highest BCUT2D eigenvalue weighted by Gasteiger charge is 2.24. The Morgan fingerprint density at radius 3 is 1.44 bits per heavy atom. The van der Waals surface area contributed by atoms with Crippen LogP contribution in [0.25, 0.3) is 66.7 Å². The van der Waals surface area contributed by atoms with Crippen LogP contribution in [0.5, 0.6) is 0 Å². The number of hydrogen-bond donors (Lipinski definition) is 2. The molecular formula is C26H18N2O4. The molecule has 0 fully saturated rings. The first-order valence-corrected chi connectivity index (χ1v) is 10.3. The quantitative estimate of drug-likeness (QED) is 0.257. The van der Waals surface area contributed by atoms with Crippen molar-refractivity contribution in [3.05, 3.63) is 58.4 Å². The van der Waals surface area contributed by atoms with E-state index in [0.717, 1.165) is 55.3 Å². The Balaban J connectivity index is 2.20. The maximum absolute atomic E-state index is 12.2. The molecule has 0 saturated carbocycles. The van der Waals surface area contributed by atoms with Gasteiger partial charge in [0.1, 0.15) is 11.2 Å². The summed E-state index contributed by atoms with van der Waals surface area (Å²) < 4.78 is 12.2. The first-order chi connectivity index (χ1) is 15.7. The number of aldehydes is 2. The van der Waals surface area contributed by atoms with E-state index in [4.69, 9.17) is 8.83 Å². The Bertz CT molecular complexity index is 1700. The summed E-state index contributed by atoms with van der Waals surface area (Å²) in [5.41, 5.74) is 1.22. The lowest BCUT2D eigenvalue weighted by molar-refractivity contribution is 0.109. The number of hydrogen-bond acceptors (Lipinski definition) is 6. The molecule has 0 aliphatic rings. The number of carbonyl (C=O) groups excluding carboxylic acids is 2. The summed E-state index contributed by atoms with van der Waals surface area (Å²) in [6.07, 6.45) is 5.23. The first-order valence-electron chi connectivity index (χ1n) is 10.3. The van der Waals surface area contributed by atoms with Gasteiger partial charge in [0.05, 0.1) is 0 Å². The molecule has 2 aromatic heterocycles. The Morgan fingerprint density at radius 1 is 0.625 bits per heavy atom. The van der Waals surface area contributed by atoms with E-state index in [9.17, 15) is 9.59 Å². The van der Waals surface area contributed by atoms with E-state index in [1.165, 1.54) is 0 Å². The van der Waals surface area contributed by atoms with Gasteiger partial charge in [0.25, 0.3) is 0 Å². The molecule has 6 nitrogen and oxygen atoms in total. The molecule has 0 bridgehead atoms. The molecule has 0 atom stereocenters. The van der Waals surface area contributed by atoms with E-state index in [2.05, 4.69) is 10.6 Å². The van der Waals surface area contributed by atoms with Crippen LogP contribution in [0.3, 0.4) is 0 Å². The Labute approximate surface area is 181 Å². The summed E-state index contributed by atoms with van der Waals surface area (Å²) in [4.78, 5) is 24.4. The van der Waals surface area contributed by atoms with Crippen LogP contribution >= 0.6 is 0 Å². The third kappa shape index (κ3) is 2.13. The van der Waals surface area contributed by atoms with Crippen molar-refractivity contribution in [3.8, 4) is 0 Å². The molecule has 0 amide bonds. The maximum Gasteiger partial charge on any atom is 0.186 e. The van der Waals surface area contributed by atoms with Gasteiger partial charge < -0.3 is 19.5 Å². The normalized spacial score (nSPS) is 13.3. The van der Waals surface area contributed by atoms with Crippen molar-refractivity contribution in [2.24, 2.45) is 0 Å². The highest BCUT2D eigenvalue weighted by Crippen LogP contribution is 2.41. The standard InChI is InChI=1S/C26H18N2O4/c1-27-9-15-13-5-3-7-17-21(13)26-24(20(12-30)32-17)16(10-28-2)14-6-4-8-18-22(14)25(26)23(15)19(11-29)31-18/h3-12,27-28H,1-2H3. The minimum absolute atomic E-state index is 0.245. The van der Waals surface area contributed by atoms with Crippen LogP contribution in [-0.4, -0.2) is 26.7 Å². The van der Waals surface area contributed by atoms with Crippen molar-refractivity contribution in [2.75, 3.05) is 14.1 Å². The summed E-state index contributed by atoms with van der Waals surface area (Å²) in [6, 6.07) is 11.5. The molecule has 4 aromatic carbocycles. The number of benzene rings is 4. The van der Waals surface area contributed by atoms with Gasteiger partial charge in [-0.1, -0.05) is 24.3 Å². The fourth-order valence-corrected chi connectivity index (χ4v) is 5.09. The lowest BCUT2D eigenvalue weighted by atomic mass is 9.87. The van der Waals surface area contributed by atoms with Gasteiger partial charge in [-0.15, -0.1) is 0 Å². The Morgan fingerprint density at radius 2 is 1.06 bits per heavy atom. The van der Waals surface area contributed by atoms with Gasteiger partial charge in [-0.25, -0.2) is 0 Å². The molecule has 2 N–H and O–H groups in total. The summed E-state index contributed by atoms with van der Waals surface area (Å²) >= 11 is 0. The average Bonchev–Trinajstić information content (AvgIpc) is 2.83. The van der Waals surface area contributed by atoms with Crippen LogP contribution in [0.4, 0.5) is 0 Å². The number of nitrogens with one attached hydrogen (secondary N) is 2. The van der Waals surface area contributed by atoms with E-state index >= 15 is 0 Å². The fourth-order valence-electron chi connectivity index (χ4n) is 5.09. The SMILES string of the molecule is CNC=c1c2cccc3oc(C=O)c4c(=CNC)c5cccc6oc(C=O)c1c(c65)c4c32. The van der Waals surface area contributed by atoms with Crippen LogP contribution in [0.1, 0.15) is 21.1 Å². The molecule has 6 heteroatoms. The second-order valence-corrected chi connectivity index (χ2v) is 7.72. The summed E-state index contributed by atoms with van der Waals surface area (Å²) in [7, 11) is 3.63. The lowest BCUT2D eigenvalue weighted by Gasteiger charge is -2.19. The Kier molecular flexibility index (Phi) is 3.80. The van der Waals surface area contributed by atoms with Crippen molar-refractivity contribution in [1.82, 2.24) is 10.6 Å². The van der Waals surface area contributed by atoms with Gasteiger partial charge in [-0.3, -0.25) is 9.59 Å². The first kappa shape index (κ1) is 18.4. The maximum atomic E-state index is 12.2. The van der Waals surface area contributed by atoms with Crippen LogP contribution in [0.2, 0.25) is 0 Å². The zero-order chi connectivity index (χ0) is 22.0. The second kappa shape index (κ2) is 6.59. The zero-order valence-corrected chi connectivity index (χ0v) is 17.4. The second-order valence-electron chi connectivity index (χ2n) is 7.72. The van der Waals surface area contributed by atoms with Gasteiger partial charge >= 0.3 is 0 Å². The molecule has 0 unspecified atom stereocenters. The van der Waals surface area contributed by atoms with Gasteiger partial charge in [-0.2, -0.15) is 0 Å². The topological polar surface area (TPSA) is 84.5 Å². The molecule has 0 saturated heterocycles. The third-order valence-electron chi connectivity index (χ3n) is 6.15. The third-order valence-corrected chi connectivity index (χ3v) is 6.15. The van der Waals surface area contributed by atoms with Gasteiger partial charge in [-0.05, 0) is 22.9 Å². The van der Waals surface area contributed by atoms with Crippen molar-refractivity contribution in [3.63, 3.8) is 0 Å². The molecule has 0 aliphatic heterocycles. The molecule has 32 heavy (non-hydrogen) atoms. The predicted molar refractivity (Wildman–Crippen MR) is 127 cm³/mol.